The summed E-state index contributed by atoms with van der Waals surface area (Å²) in [6, 6.07) is 36.6. The van der Waals surface area contributed by atoms with Crippen LogP contribution >= 0.6 is 0 Å². The molecule has 8 rings (SSSR count). The molecule has 0 spiro atoms. The molecule has 3 aromatic carbocycles. The van der Waals surface area contributed by atoms with Crippen molar-refractivity contribution in [1.82, 2.24) is 15.0 Å². The van der Waals surface area contributed by atoms with E-state index in [4.69, 9.17) is 7.16 Å². The van der Waals surface area contributed by atoms with Gasteiger partial charge in [-0.05, 0) is 48.0 Å². The van der Waals surface area contributed by atoms with Gasteiger partial charge in [0.05, 0.1) is 5.58 Å². The summed E-state index contributed by atoms with van der Waals surface area (Å²) < 4.78 is 34.1. The minimum Gasteiger partial charge on any atom is 0 e. The first-order valence-electron chi connectivity index (χ1n) is 20.8. The van der Waals surface area contributed by atoms with Gasteiger partial charge in [-0.2, -0.15) is 0 Å². The van der Waals surface area contributed by atoms with Gasteiger partial charge in [0.2, 0.25) is 5.71 Å². The molecule has 4 nitrogen and oxygen atoms in total. The summed E-state index contributed by atoms with van der Waals surface area (Å²) in [6.07, 6.45) is 10.2. The molecule has 6 heteroatoms. The Morgan fingerprint density at radius 1 is 0.818 bits per heavy atom. The molecule has 1 aliphatic rings. The maximum Gasteiger partial charge on any atom is 0 e. The quantitative estimate of drug-likeness (QED) is 0.118. The number of furan rings is 1. The number of nitrogens with zero attached hydrogens (tertiary/aromatic N) is 3. The Morgan fingerprint density at radius 3 is 2.29 bits per heavy atom. The zero-order valence-electron chi connectivity index (χ0n) is 36.1. The van der Waals surface area contributed by atoms with E-state index in [1.54, 1.807) is 0 Å². The predicted molar refractivity (Wildman–Crippen MR) is 229 cm³/mol. The second kappa shape index (κ2) is 17.5. The van der Waals surface area contributed by atoms with Gasteiger partial charge >= 0.3 is 135 Å². The van der Waals surface area contributed by atoms with Crippen LogP contribution in [0.2, 0.25) is 17.3 Å². The molecular weight excluding hydrogens is 911 g/mol. The van der Waals surface area contributed by atoms with Gasteiger partial charge in [-0.1, -0.05) is 79.1 Å². The molecule has 7 aromatic rings. The van der Waals surface area contributed by atoms with Gasteiger partial charge in [-0.25, -0.2) is 4.98 Å². The van der Waals surface area contributed by atoms with Crippen LogP contribution in [0.5, 0.6) is 0 Å². The molecular formula is C49H53GeIrN3O-2. The standard InChI is InChI=1S/C30H27N2O.C19H26GeN.Ir/c1-20(21-9-4-2-5-10-21)23-15-16-31-28(18-23)26-14-8-13-25-27-17-24(22-11-6-3-7-12-22)19-32-30(27)33-29(25)26;1-19(2,3)13-16-12-18(15-10-8-7-9-11-15)21-14-17(16)20(4,5)6;/h3,6-8,11-13,15-21H,2,4-5,9-10H2,1H3;7-10,12,14H,13H2,1-6H3;/q2*-1;/i20D;13D2;. The van der Waals surface area contributed by atoms with Crippen LogP contribution in [0.25, 0.3) is 55.7 Å². The minimum atomic E-state index is -2.24. The van der Waals surface area contributed by atoms with E-state index in [9.17, 15) is 1.37 Å². The first-order chi connectivity index (χ1) is 27.1. The van der Waals surface area contributed by atoms with Gasteiger partial charge in [-0.3, -0.25) is 0 Å². The summed E-state index contributed by atoms with van der Waals surface area (Å²) in [6.45, 7) is 7.94. The van der Waals surface area contributed by atoms with E-state index in [1.165, 1.54) is 19.3 Å². The average molecular weight is 968 g/mol. The van der Waals surface area contributed by atoms with Gasteiger partial charge in [-0.15, -0.1) is 18.2 Å². The Labute approximate surface area is 348 Å². The zero-order chi connectivity index (χ0) is 40.6. The molecule has 1 atom stereocenters. The first kappa shape index (κ1) is 36.7. The van der Waals surface area contributed by atoms with Gasteiger partial charge < -0.3 is 9.40 Å². The normalized spacial score (nSPS) is 15.9. The Kier molecular flexibility index (Phi) is 11.7. The van der Waals surface area contributed by atoms with Crippen molar-refractivity contribution in [2.24, 2.45) is 11.3 Å². The van der Waals surface area contributed by atoms with E-state index in [2.05, 4.69) is 75.5 Å². The van der Waals surface area contributed by atoms with Crippen LogP contribution in [0.4, 0.5) is 0 Å². The van der Waals surface area contributed by atoms with Gasteiger partial charge in [0, 0.05) is 44.8 Å². The number of hydrogen-bond donors (Lipinski definition) is 0. The van der Waals surface area contributed by atoms with E-state index in [0.29, 0.717) is 11.6 Å². The van der Waals surface area contributed by atoms with Crippen molar-refractivity contribution in [1.29, 1.82) is 0 Å². The Morgan fingerprint density at radius 2 is 1.58 bits per heavy atom. The number of aromatic nitrogens is 3. The molecule has 4 aromatic heterocycles. The third-order valence-corrected chi connectivity index (χ3v) is 14.5. The third-order valence-electron chi connectivity index (χ3n) is 10.3. The van der Waals surface area contributed by atoms with Gasteiger partial charge in [0.15, 0.2) is 0 Å². The molecule has 1 unspecified atom stereocenters. The van der Waals surface area contributed by atoms with Crippen LogP contribution in [0.3, 0.4) is 0 Å². The van der Waals surface area contributed by atoms with E-state index in [1.807, 2.05) is 106 Å². The third kappa shape index (κ3) is 9.74. The van der Waals surface area contributed by atoms with Crippen LogP contribution in [-0.4, -0.2) is 28.2 Å². The van der Waals surface area contributed by atoms with E-state index in [0.717, 1.165) is 78.4 Å². The zero-order valence-corrected chi connectivity index (χ0v) is 37.6. The number of fused-ring (bicyclic) bond motifs is 3. The SMILES string of the molecule is [2H]C(C)(c1ccnc(-c2[c-]ccc3c2oc2ncc(-c4ccccc4)cc23)c1)C1CCCCC1.[2H]C([2H])(c1cc(-c2[c-]cccc2)nc[c]1[Ge]([CH3])([CH3])[CH3])C(C)(C)C.[Ir]. The van der Waals surface area contributed by atoms with Crippen LogP contribution in [0, 0.1) is 23.5 Å². The average Bonchev–Trinajstić information content (AvgIpc) is 3.59. The number of pyridine rings is 3. The van der Waals surface area contributed by atoms with Crippen molar-refractivity contribution in [3.05, 3.63) is 133 Å². The molecule has 1 radical (unpaired) electrons. The summed E-state index contributed by atoms with van der Waals surface area (Å²) in [5, 5.41) is 1.98. The molecule has 1 saturated carbocycles. The van der Waals surface area contributed by atoms with Crippen molar-refractivity contribution < 1.29 is 28.6 Å². The van der Waals surface area contributed by atoms with Crippen LogP contribution in [0.15, 0.2) is 114 Å². The smallest absolute Gasteiger partial charge is 0 e. The fourth-order valence-electron chi connectivity index (χ4n) is 7.45. The number of benzene rings is 3. The van der Waals surface area contributed by atoms with E-state index < -0.39 is 30.9 Å². The summed E-state index contributed by atoms with van der Waals surface area (Å²) in [5.74, 6) is 6.60. The molecule has 0 amide bonds. The van der Waals surface area contributed by atoms with E-state index >= 15 is 0 Å². The van der Waals surface area contributed by atoms with Crippen molar-refractivity contribution in [3.63, 3.8) is 0 Å². The molecule has 55 heavy (non-hydrogen) atoms. The predicted octanol–water partition coefficient (Wildman–Crippen LogP) is 12.9. The van der Waals surface area contributed by atoms with Gasteiger partial charge in [0.25, 0.3) is 0 Å². The molecule has 1 fully saturated rings. The molecule has 0 N–H and O–H groups in total. The van der Waals surface area contributed by atoms with Crippen LogP contribution in [-0.2, 0) is 26.5 Å². The largest absolute Gasteiger partial charge is 0 e. The monoisotopic (exact) mass is 969 g/mol. The summed E-state index contributed by atoms with van der Waals surface area (Å²) in [4.78, 5) is 13.9. The molecule has 4 heterocycles. The van der Waals surface area contributed by atoms with Crippen molar-refractivity contribution in [2.45, 2.75) is 89.3 Å². The molecule has 0 bridgehead atoms. The molecule has 0 saturated heterocycles. The van der Waals surface area contributed by atoms with Crippen molar-refractivity contribution >= 4 is 39.7 Å². The summed E-state index contributed by atoms with van der Waals surface area (Å²) in [5.41, 5.74) is 8.18. The second-order valence-corrected chi connectivity index (χ2v) is 27.2. The Balaban J connectivity index is 0.000000208. The Bertz CT molecular complexity index is 2490. The van der Waals surface area contributed by atoms with Crippen LogP contribution in [0.1, 0.15) is 80.9 Å². The molecule has 1 aliphatic carbocycles. The molecule has 285 valence electrons. The summed E-state index contributed by atoms with van der Waals surface area (Å²) >= 11 is -2.24. The van der Waals surface area contributed by atoms with Crippen molar-refractivity contribution in [3.8, 4) is 33.6 Å². The van der Waals surface area contributed by atoms with Crippen LogP contribution < -0.4 is 4.40 Å². The fraction of sp³-hybridized carbons (Fsp3) is 0.327. The number of hydrogen-bond acceptors (Lipinski definition) is 4. The maximum absolute atomic E-state index is 9.21. The van der Waals surface area contributed by atoms with Crippen molar-refractivity contribution in [2.75, 3.05) is 0 Å². The van der Waals surface area contributed by atoms with E-state index in [-0.39, 0.29) is 20.1 Å². The number of rotatable bonds is 7. The molecule has 0 aliphatic heterocycles. The second-order valence-electron chi connectivity index (χ2n) is 16.6. The topological polar surface area (TPSA) is 51.8 Å². The summed E-state index contributed by atoms with van der Waals surface area (Å²) in [7, 11) is 0. The fourth-order valence-corrected chi connectivity index (χ4v) is 10.4. The first-order valence-corrected chi connectivity index (χ1v) is 26.6. The Hall–Kier alpha value is -3.90. The minimum absolute atomic E-state index is 0. The van der Waals surface area contributed by atoms with Gasteiger partial charge in [0.1, 0.15) is 0 Å². The maximum atomic E-state index is 9.21.